The third-order valence-corrected chi connectivity index (χ3v) is 3.37. The molecule has 1 amide bonds. The Balaban J connectivity index is 1.58. The SMILES string of the molecule is CC(C)(C)OC(=O)NCCCN1CC2CNCC(C1)O2. The van der Waals surface area contributed by atoms with Gasteiger partial charge in [-0.25, -0.2) is 4.79 Å². The van der Waals surface area contributed by atoms with E-state index in [1.165, 1.54) is 0 Å². The Hall–Kier alpha value is -0.850. The average Bonchev–Trinajstić information content (AvgIpc) is 2.32. The van der Waals surface area contributed by atoms with Gasteiger partial charge in [0.2, 0.25) is 0 Å². The van der Waals surface area contributed by atoms with Crippen molar-refractivity contribution in [2.75, 3.05) is 39.3 Å². The minimum Gasteiger partial charge on any atom is -0.444 e. The van der Waals surface area contributed by atoms with Gasteiger partial charge in [-0.05, 0) is 27.2 Å². The number of hydrogen-bond acceptors (Lipinski definition) is 5. The highest BCUT2D eigenvalue weighted by Crippen LogP contribution is 2.14. The van der Waals surface area contributed by atoms with E-state index in [9.17, 15) is 4.79 Å². The van der Waals surface area contributed by atoms with Crippen molar-refractivity contribution in [3.8, 4) is 0 Å². The summed E-state index contributed by atoms with van der Waals surface area (Å²) in [5, 5.41) is 6.18. The number of ether oxygens (including phenoxy) is 2. The number of carbonyl (C=O) groups excluding carboxylic acids is 1. The molecule has 0 saturated carbocycles. The van der Waals surface area contributed by atoms with Crippen LogP contribution in [0, 0.1) is 0 Å². The van der Waals surface area contributed by atoms with E-state index in [0.29, 0.717) is 18.8 Å². The normalized spacial score (nSPS) is 27.1. The maximum atomic E-state index is 11.5. The standard InChI is InChI=1S/C14H27N3O3/c1-14(2,3)20-13(18)16-5-4-6-17-9-11-7-15-8-12(10-17)19-11/h11-12,15H,4-10H2,1-3H3,(H,16,18). The molecule has 2 heterocycles. The molecule has 0 aromatic rings. The molecule has 6 heteroatoms. The lowest BCUT2D eigenvalue weighted by Gasteiger charge is -2.41. The summed E-state index contributed by atoms with van der Waals surface area (Å²) >= 11 is 0. The summed E-state index contributed by atoms with van der Waals surface area (Å²) in [5.74, 6) is 0. The minimum absolute atomic E-state index is 0.321. The zero-order valence-electron chi connectivity index (χ0n) is 12.8. The van der Waals surface area contributed by atoms with E-state index >= 15 is 0 Å². The highest BCUT2D eigenvalue weighted by Gasteiger charge is 2.30. The molecule has 2 fully saturated rings. The van der Waals surface area contributed by atoms with Crippen LogP contribution in [0.3, 0.4) is 0 Å². The van der Waals surface area contributed by atoms with E-state index in [2.05, 4.69) is 15.5 Å². The van der Waals surface area contributed by atoms with Gasteiger partial charge < -0.3 is 20.1 Å². The average molecular weight is 285 g/mol. The molecule has 116 valence electrons. The number of amides is 1. The van der Waals surface area contributed by atoms with Crippen LogP contribution in [0.25, 0.3) is 0 Å². The van der Waals surface area contributed by atoms with E-state index < -0.39 is 5.60 Å². The van der Waals surface area contributed by atoms with Gasteiger partial charge in [0.15, 0.2) is 0 Å². The zero-order valence-corrected chi connectivity index (χ0v) is 12.8. The maximum absolute atomic E-state index is 11.5. The van der Waals surface area contributed by atoms with Gasteiger partial charge in [-0.3, -0.25) is 4.90 Å². The van der Waals surface area contributed by atoms with Crippen LogP contribution >= 0.6 is 0 Å². The third kappa shape index (κ3) is 5.26. The summed E-state index contributed by atoms with van der Waals surface area (Å²) in [6, 6.07) is 0. The van der Waals surface area contributed by atoms with Crippen molar-refractivity contribution < 1.29 is 14.3 Å². The summed E-state index contributed by atoms with van der Waals surface area (Å²) in [6.07, 6.45) is 1.25. The predicted molar refractivity (Wildman–Crippen MR) is 76.8 cm³/mol. The summed E-state index contributed by atoms with van der Waals surface area (Å²) < 4.78 is 11.1. The van der Waals surface area contributed by atoms with Crippen LogP contribution in [0.15, 0.2) is 0 Å². The van der Waals surface area contributed by atoms with E-state index in [-0.39, 0.29) is 6.09 Å². The molecule has 2 N–H and O–H groups in total. The lowest BCUT2D eigenvalue weighted by Crippen LogP contribution is -2.58. The molecule has 0 aromatic heterocycles. The zero-order chi connectivity index (χ0) is 14.6. The van der Waals surface area contributed by atoms with E-state index in [0.717, 1.165) is 39.1 Å². The topological polar surface area (TPSA) is 62.8 Å². The Bertz CT molecular complexity index is 318. The Labute approximate surface area is 121 Å². The Morgan fingerprint density at radius 1 is 1.35 bits per heavy atom. The molecule has 2 saturated heterocycles. The lowest BCUT2D eigenvalue weighted by atomic mass is 10.1. The molecular weight excluding hydrogens is 258 g/mol. The van der Waals surface area contributed by atoms with E-state index in [1.807, 2.05) is 20.8 Å². The first-order chi connectivity index (χ1) is 9.42. The summed E-state index contributed by atoms with van der Waals surface area (Å²) in [4.78, 5) is 13.9. The van der Waals surface area contributed by atoms with Gasteiger partial charge in [0, 0.05) is 39.3 Å². The summed E-state index contributed by atoms with van der Waals surface area (Å²) in [5.41, 5.74) is -0.432. The van der Waals surface area contributed by atoms with E-state index in [1.54, 1.807) is 0 Å². The molecule has 2 aliphatic heterocycles. The second kappa shape index (κ2) is 6.74. The van der Waals surface area contributed by atoms with Gasteiger partial charge in [-0.2, -0.15) is 0 Å². The quantitative estimate of drug-likeness (QED) is 0.740. The molecule has 2 unspecified atom stereocenters. The van der Waals surface area contributed by atoms with Crippen LogP contribution in [0.4, 0.5) is 4.79 Å². The Kier molecular flexibility index (Phi) is 5.23. The van der Waals surface area contributed by atoms with Crippen molar-refractivity contribution in [1.82, 2.24) is 15.5 Å². The number of fused-ring (bicyclic) bond motifs is 2. The van der Waals surface area contributed by atoms with Crippen molar-refractivity contribution in [3.05, 3.63) is 0 Å². The van der Waals surface area contributed by atoms with Gasteiger partial charge in [0.1, 0.15) is 5.60 Å². The Morgan fingerprint density at radius 2 is 2.00 bits per heavy atom. The second-order valence-electron chi connectivity index (χ2n) is 6.58. The molecule has 0 radical (unpaired) electrons. The number of hydrogen-bond donors (Lipinski definition) is 2. The van der Waals surface area contributed by atoms with Crippen molar-refractivity contribution in [2.24, 2.45) is 0 Å². The molecule has 0 aliphatic carbocycles. The monoisotopic (exact) mass is 285 g/mol. The fourth-order valence-electron chi connectivity index (χ4n) is 2.63. The number of carbonyl (C=O) groups is 1. The van der Waals surface area contributed by atoms with Crippen molar-refractivity contribution in [3.63, 3.8) is 0 Å². The smallest absolute Gasteiger partial charge is 0.407 e. The molecule has 6 nitrogen and oxygen atoms in total. The maximum Gasteiger partial charge on any atom is 0.407 e. The highest BCUT2D eigenvalue weighted by molar-refractivity contribution is 5.67. The molecule has 20 heavy (non-hydrogen) atoms. The molecule has 2 rings (SSSR count). The van der Waals surface area contributed by atoms with E-state index in [4.69, 9.17) is 9.47 Å². The van der Waals surface area contributed by atoms with Crippen molar-refractivity contribution in [1.29, 1.82) is 0 Å². The van der Waals surface area contributed by atoms with Gasteiger partial charge >= 0.3 is 6.09 Å². The Morgan fingerprint density at radius 3 is 2.60 bits per heavy atom. The fraction of sp³-hybridized carbons (Fsp3) is 0.929. The highest BCUT2D eigenvalue weighted by atomic mass is 16.6. The molecular formula is C14H27N3O3. The largest absolute Gasteiger partial charge is 0.444 e. The third-order valence-electron chi connectivity index (χ3n) is 3.37. The predicted octanol–water partition coefficient (Wildman–Crippen LogP) is 0.574. The van der Waals surface area contributed by atoms with Gasteiger partial charge in [-0.1, -0.05) is 0 Å². The first-order valence-electron chi connectivity index (χ1n) is 7.48. The molecule has 2 aliphatic rings. The fourth-order valence-corrected chi connectivity index (χ4v) is 2.63. The first kappa shape index (κ1) is 15.5. The number of nitrogens with one attached hydrogen (secondary N) is 2. The number of alkyl carbamates (subject to hydrolysis) is 1. The minimum atomic E-state index is -0.432. The molecule has 0 aromatic carbocycles. The first-order valence-corrected chi connectivity index (χ1v) is 7.48. The van der Waals surface area contributed by atoms with Crippen LogP contribution in [0.2, 0.25) is 0 Å². The van der Waals surface area contributed by atoms with Crippen molar-refractivity contribution in [2.45, 2.75) is 45.0 Å². The number of morpholine rings is 2. The van der Waals surface area contributed by atoms with Crippen LogP contribution in [0.5, 0.6) is 0 Å². The van der Waals surface area contributed by atoms with Crippen LogP contribution in [-0.2, 0) is 9.47 Å². The van der Waals surface area contributed by atoms with Crippen LogP contribution in [-0.4, -0.2) is 68.1 Å². The van der Waals surface area contributed by atoms with Gasteiger partial charge in [0.05, 0.1) is 12.2 Å². The lowest BCUT2D eigenvalue weighted by molar-refractivity contribution is -0.103. The second-order valence-corrected chi connectivity index (χ2v) is 6.58. The number of nitrogens with zero attached hydrogens (tertiary/aromatic N) is 1. The van der Waals surface area contributed by atoms with Crippen LogP contribution < -0.4 is 10.6 Å². The molecule has 2 bridgehead atoms. The van der Waals surface area contributed by atoms with Gasteiger partial charge in [-0.15, -0.1) is 0 Å². The van der Waals surface area contributed by atoms with Crippen molar-refractivity contribution >= 4 is 6.09 Å². The summed E-state index contributed by atoms with van der Waals surface area (Å²) in [7, 11) is 0. The molecule has 0 spiro atoms. The van der Waals surface area contributed by atoms with Gasteiger partial charge in [0.25, 0.3) is 0 Å². The summed E-state index contributed by atoms with van der Waals surface area (Å²) in [6.45, 7) is 11.1. The van der Waals surface area contributed by atoms with Crippen LogP contribution in [0.1, 0.15) is 27.2 Å². The molecule has 2 atom stereocenters. The number of rotatable bonds is 4.